The molecule has 0 unspecified atom stereocenters. The largest absolute Gasteiger partial charge is 0.340 e. The van der Waals surface area contributed by atoms with E-state index in [-0.39, 0.29) is 0 Å². The maximum atomic E-state index is 4.52. The fourth-order valence-electron chi connectivity index (χ4n) is 3.27. The first kappa shape index (κ1) is 14.6. The number of hydrogen-bond donors (Lipinski definition) is 1. The third-order valence-electron chi connectivity index (χ3n) is 4.59. The van der Waals surface area contributed by atoms with Gasteiger partial charge in [-0.05, 0) is 54.9 Å². The number of aryl methyl sites for hydroxylation is 2. The summed E-state index contributed by atoms with van der Waals surface area (Å²) < 4.78 is 0. The number of nitrogens with zero attached hydrogens (tertiary/aromatic N) is 2. The second-order valence-corrected chi connectivity index (χ2v) is 7.60. The van der Waals surface area contributed by atoms with Gasteiger partial charge in [0.2, 0.25) is 0 Å². The monoisotopic (exact) mass is 323 g/mol. The predicted molar refractivity (Wildman–Crippen MR) is 97.9 cm³/mol. The normalized spacial score (nSPS) is 14.2. The van der Waals surface area contributed by atoms with E-state index in [0.717, 1.165) is 22.8 Å². The van der Waals surface area contributed by atoms with Gasteiger partial charge in [0.1, 0.15) is 17.0 Å². The number of hydrogen-bond acceptors (Lipinski definition) is 4. The minimum Gasteiger partial charge on any atom is -0.340 e. The van der Waals surface area contributed by atoms with Crippen LogP contribution in [0.2, 0.25) is 0 Å². The maximum Gasteiger partial charge on any atom is 0.142 e. The van der Waals surface area contributed by atoms with E-state index >= 15 is 0 Å². The fraction of sp³-hybridized carbons (Fsp3) is 0.368. The van der Waals surface area contributed by atoms with Crippen LogP contribution in [0, 0.1) is 0 Å². The first-order chi connectivity index (χ1) is 11.2. The Morgan fingerprint density at radius 3 is 2.61 bits per heavy atom. The fourth-order valence-corrected chi connectivity index (χ4v) is 4.50. The Labute approximate surface area is 140 Å². The molecule has 0 radical (unpaired) electrons. The van der Waals surface area contributed by atoms with Crippen LogP contribution >= 0.6 is 11.3 Å². The Kier molecular flexibility index (Phi) is 3.77. The van der Waals surface area contributed by atoms with Gasteiger partial charge in [-0.1, -0.05) is 26.0 Å². The molecule has 3 nitrogen and oxygen atoms in total. The lowest BCUT2D eigenvalue weighted by Gasteiger charge is -2.13. The SMILES string of the molecule is CC(C)c1ccc(Nc2ncnc3sc4c(c23)CCCC4)cc1. The maximum absolute atomic E-state index is 4.52. The molecule has 118 valence electrons. The highest BCUT2D eigenvalue weighted by molar-refractivity contribution is 7.19. The van der Waals surface area contributed by atoms with Gasteiger partial charge in [-0.25, -0.2) is 9.97 Å². The van der Waals surface area contributed by atoms with Gasteiger partial charge in [0.05, 0.1) is 5.39 Å². The molecule has 1 aromatic carbocycles. The number of aromatic nitrogens is 2. The van der Waals surface area contributed by atoms with Crippen LogP contribution in [0.15, 0.2) is 30.6 Å². The van der Waals surface area contributed by atoms with E-state index in [9.17, 15) is 0 Å². The molecule has 2 aromatic heterocycles. The zero-order valence-electron chi connectivity index (χ0n) is 13.6. The molecule has 1 N–H and O–H groups in total. The van der Waals surface area contributed by atoms with Crippen molar-refractivity contribution in [1.82, 2.24) is 9.97 Å². The first-order valence-electron chi connectivity index (χ1n) is 8.34. The van der Waals surface area contributed by atoms with Gasteiger partial charge in [-0.3, -0.25) is 0 Å². The van der Waals surface area contributed by atoms with Gasteiger partial charge in [0, 0.05) is 10.6 Å². The average molecular weight is 323 g/mol. The molecule has 0 amide bonds. The minimum atomic E-state index is 0.554. The van der Waals surface area contributed by atoms with Crippen molar-refractivity contribution in [1.29, 1.82) is 0 Å². The third kappa shape index (κ3) is 2.72. The van der Waals surface area contributed by atoms with Crippen molar-refractivity contribution in [3.63, 3.8) is 0 Å². The highest BCUT2D eigenvalue weighted by atomic mass is 32.1. The van der Waals surface area contributed by atoms with Gasteiger partial charge >= 0.3 is 0 Å². The summed E-state index contributed by atoms with van der Waals surface area (Å²) >= 11 is 1.84. The molecule has 0 saturated carbocycles. The molecular weight excluding hydrogens is 302 g/mol. The van der Waals surface area contributed by atoms with Crippen LogP contribution in [0.5, 0.6) is 0 Å². The van der Waals surface area contributed by atoms with Crippen molar-refractivity contribution in [2.75, 3.05) is 5.32 Å². The summed E-state index contributed by atoms with van der Waals surface area (Å²) in [6.07, 6.45) is 6.60. The number of thiophene rings is 1. The smallest absolute Gasteiger partial charge is 0.142 e. The molecule has 0 aliphatic heterocycles. The van der Waals surface area contributed by atoms with Gasteiger partial charge < -0.3 is 5.32 Å². The van der Waals surface area contributed by atoms with E-state index in [1.165, 1.54) is 40.7 Å². The number of benzene rings is 1. The molecule has 0 saturated heterocycles. The molecule has 1 aliphatic rings. The lowest BCUT2D eigenvalue weighted by atomic mass is 9.97. The Morgan fingerprint density at radius 1 is 1.04 bits per heavy atom. The molecule has 0 spiro atoms. The predicted octanol–water partition coefficient (Wildman–Crippen LogP) is 5.44. The molecular formula is C19H21N3S. The van der Waals surface area contributed by atoms with Crippen LogP contribution < -0.4 is 5.32 Å². The molecule has 4 rings (SSSR count). The van der Waals surface area contributed by atoms with Crippen molar-refractivity contribution in [2.24, 2.45) is 0 Å². The molecule has 0 bridgehead atoms. The first-order valence-corrected chi connectivity index (χ1v) is 9.16. The topological polar surface area (TPSA) is 37.8 Å². The highest BCUT2D eigenvalue weighted by Gasteiger charge is 2.19. The van der Waals surface area contributed by atoms with Gasteiger partial charge in [-0.2, -0.15) is 0 Å². The summed E-state index contributed by atoms with van der Waals surface area (Å²) in [5.74, 6) is 1.50. The van der Waals surface area contributed by atoms with E-state index in [1.54, 1.807) is 6.33 Å². The molecule has 23 heavy (non-hydrogen) atoms. The van der Waals surface area contributed by atoms with Gasteiger partial charge in [0.15, 0.2) is 0 Å². The van der Waals surface area contributed by atoms with Crippen molar-refractivity contribution in [3.05, 3.63) is 46.6 Å². The summed E-state index contributed by atoms with van der Waals surface area (Å²) in [5.41, 5.74) is 3.92. The lowest BCUT2D eigenvalue weighted by molar-refractivity contribution is 0.700. The molecule has 3 aromatic rings. The van der Waals surface area contributed by atoms with E-state index in [4.69, 9.17) is 0 Å². The Morgan fingerprint density at radius 2 is 1.83 bits per heavy atom. The van der Waals surface area contributed by atoms with Crippen LogP contribution in [0.1, 0.15) is 48.6 Å². The van der Waals surface area contributed by atoms with Crippen molar-refractivity contribution in [3.8, 4) is 0 Å². The van der Waals surface area contributed by atoms with Crippen LogP contribution in [0.3, 0.4) is 0 Å². The standard InChI is InChI=1S/C19H21N3S/c1-12(2)13-7-9-14(10-8-13)22-18-17-15-5-3-4-6-16(15)23-19(17)21-11-20-18/h7-12H,3-6H2,1-2H3,(H,20,21,22). The molecule has 0 atom stereocenters. The molecule has 2 heterocycles. The second-order valence-electron chi connectivity index (χ2n) is 6.52. The molecule has 0 fully saturated rings. The minimum absolute atomic E-state index is 0.554. The van der Waals surface area contributed by atoms with Gasteiger partial charge in [-0.15, -0.1) is 11.3 Å². The zero-order chi connectivity index (χ0) is 15.8. The Bertz CT molecular complexity index is 834. The molecule has 1 aliphatic carbocycles. The number of fused-ring (bicyclic) bond motifs is 3. The van der Waals surface area contributed by atoms with Gasteiger partial charge in [0.25, 0.3) is 0 Å². The number of anilines is 2. The Balaban J connectivity index is 1.72. The number of rotatable bonds is 3. The van der Waals surface area contributed by atoms with E-state index in [2.05, 4.69) is 53.4 Å². The second kappa shape index (κ2) is 5.93. The summed E-state index contributed by atoms with van der Waals surface area (Å²) in [5, 5.41) is 4.74. The van der Waals surface area contributed by atoms with Crippen LogP contribution in [-0.4, -0.2) is 9.97 Å². The summed E-state index contributed by atoms with van der Waals surface area (Å²) in [7, 11) is 0. The van der Waals surface area contributed by atoms with Crippen LogP contribution in [0.4, 0.5) is 11.5 Å². The lowest BCUT2D eigenvalue weighted by Crippen LogP contribution is -2.01. The number of nitrogens with one attached hydrogen (secondary N) is 1. The van der Waals surface area contributed by atoms with Crippen LogP contribution in [-0.2, 0) is 12.8 Å². The average Bonchev–Trinajstić information content (AvgIpc) is 2.95. The van der Waals surface area contributed by atoms with Crippen molar-refractivity contribution < 1.29 is 0 Å². The van der Waals surface area contributed by atoms with E-state index < -0.39 is 0 Å². The van der Waals surface area contributed by atoms with Crippen molar-refractivity contribution in [2.45, 2.75) is 45.4 Å². The van der Waals surface area contributed by atoms with E-state index in [1.807, 2.05) is 11.3 Å². The van der Waals surface area contributed by atoms with E-state index in [0.29, 0.717) is 5.92 Å². The molecule has 4 heteroatoms. The van der Waals surface area contributed by atoms with Crippen LogP contribution in [0.25, 0.3) is 10.2 Å². The quantitative estimate of drug-likeness (QED) is 0.697. The summed E-state index contributed by atoms with van der Waals surface area (Å²) in [6.45, 7) is 4.43. The Hall–Kier alpha value is -1.94. The zero-order valence-corrected chi connectivity index (χ0v) is 14.4. The summed E-state index contributed by atoms with van der Waals surface area (Å²) in [6, 6.07) is 8.66. The summed E-state index contributed by atoms with van der Waals surface area (Å²) in [4.78, 5) is 11.6. The highest BCUT2D eigenvalue weighted by Crippen LogP contribution is 2.38. The van der Waals surface area contributed by atoms with Crippen molar-refractivity contribution >= 4 is 33.1 Å². The third-order valence-corrected chi connectivity index (χ3v) is 5.79.